The summed E-state index contributed by atoms with van der Waals surface area (Å²) in [6, 6.07) is 12.7. The molecule has 0 spiro atoms. The molecule has 1 aliphatic rings. The van der Waals surface area contributed by atoms with E-state index < -0.39 is 40.8 Å². The van der Waals surface area contributed by atoms with E-state index in [1.54, 1.807) is 31.2 Å². The first-order valence-electron chi connectivity index (χ1n) is 11.4. The van der Waals surface area contributed by atoms with Gasteiger partial charge in [0.2, 0.25) is 0 Å². The summed E-state index contributed by atoms with van der Waals surface area (Å²) in [4.78, 5) is 38.6. The minimum Gasteiger partial charge on any atom is -0.490 e. The maximum Gasteiger partial charge on any atom is 0.416 e. The summed E-state index contributed by atoms with van der Waals surface area (Å²) in [6.07, 6.45) is -3.58. The van der Waals surface area contributed by atoms with Crippen LogP contribution in [0, 0.1) is 0 Å². The Balaban J connectivity index is 1.66. The van der Waals surface area contributed by atoms with Crippen molar-refractivity contribution in [1.82, 2.24) is 5.32 Å². The number of alkyl halides is 3. The Morgan fingerprint density at radius 2 is 1.67 bits per heavy atom. The van der Waals surface area contributed by atoms with Crippen LogP contribution >= 0.6 is 23.2 Å². The van der Waals surface area contributed by atoms with Crippen LogP contribution in [0.1, 0.15) is 23.6 Å². The molecular formula is C27H19Cl2F3N2O5. The summed E-state index contributed by atoms with van der Waals surface area (Å²) in [5.74, 6) is -1.51. The average molecular weight is 579 g/mol. The van der Waals surface area contributed by atoms with Gasteiger partial charge in [0.25, 0.3) is 11.8 Å². The Labute approximate surface area is 230 Å². The Morgan fingerprint density at radius 1 is 0.923 bits per heavy atom. The fraction of sp³-hybridized carbons (Fsp3) is 0.148. The number of benzene rings is 3. The van der Waals surface area contributed by atoms with Crippen LogP contribution in [-0.4, -0.2) is 24.5 Å². The molecule has 0 radical (unpaired) electrons. The van der Waals surface area contributed by atoms with E-state index in [-0.39, 0.29) is 18.2 Å². The van der Waals surface area contributed by atoms with Gasteiger partial charge in [0.1, 0.15) is 12.2 Å². The Bertz CT molecular complexity index is 1490. The van der Waals surface area contributed by atoms with Crippen LogP contribution in [0.25, 0.3) is 6.08 Å². The molecule has 1 aliphatic heterocycles. The molecule has 0 bridgehead atoms. The summed E-state index contributed by atoms with van der Waals surface area (Å²) < 4.78 is 51.2. The molecule has 3 aromatic rings. The highest BCUT2D eigenvalue weighted by Gasteiger charge is 2.39. The number of imide groups is 2. The van der Waals surface area contributed by atoms with Crippen molar-refractivity contribution in [1.29, 1.82) is 0 Å². The van der Waals surface area contributed by atoms with E-state index in [0.717, 1.165) is 11.6 Å². The van der Waals surface area contributed by atoms with Crippen LogP contribution in [0.4, 0.5) is 23.7 Å². The lowest BCUT2D eigenvalue weighted by atomic mass is 10.1. The zero-order chi connectivity index (χ0) is 28.3. The molecule has 1 fully saturated rings. The van der Waals surface area contributed by atoms with Crippen molar-refractivity contribution in [2.45, 2.75) is 19.7 Å². The number of anilines is 1. The van der Waals surface area contributed by atoms with Gasteiger partial charge in [0.05, 0.1) is 22.9 Å². The molecule has 0 aliphatic carbocycles. The van der Waals surface area contributed by atoms with E-state index in [1.807, 2.05) is 11.4 Å². The number of ether oxygens (including phenoxy) is 2. The number of urea groups is 1. The topological polar surface area (TPSA) is 84.9 Å². The number of halogens is 5. The van der Waals surface area contributed by atoms with Crippen LogP contribution in [0.2, 0.25) is 10.0 Å². The van der Waals surface area contributed by atoms with Gasteiger partial charge in [-0.15, -0.1) is 0 Å². The van der Waals surface area contributed by atoms with Crippen LogP contribution in [-0.2, 0) is 22.4 Å². The molecule has 4 rings (SSSR count). The second kappa shape index (κ2) is 11.4. The van der Waals surface area contributed by atoms with Crippen molar-refractivity contribution in [2.75, 3.05) is 11.5 Å². The van der Waals surface area contributed by atoms with Gasteiger partial charge in [-0.1, -0.05) is 47.5 Å². The lowest BCUT2D eigenvalue weighted by Crippen LogP contribution is -2.54. The Morgan fingerprint density at radius 3 is 2.36 bits per heavy atom. The Hall–Kier alpha value is -4.02. The summed E-state index contributed by atoms with van der Waals surface area (Å²) in [7, 11) is 0. The van der Waals surface area contributed by atoms with E-state index in [0.29, 0.717) is 39.1 Å². The lowest BCUT2D eigenvalue weighted by Gasteiger charge is -2.27. The van der Waals surface area contributed by atoms with Crippen LogP contribution < -0.4 is 19.7 Å². The second-order valence-corrected chi connectivity index (χ2v) is 8.96. The standard InChI is InChI=1S/C27H19Cl2F3N2O5/c1-2-38-23-12-15(7-10-22(23)39-14-16-5-3-4-6-19(16)28)11-18-24(35)33-26(37)34(25(18)36)21-13-17(27(30,31)32)8-9-20(21)29/h3-13H,2,14H2,1H3,(H,33,35,37)/b18-11+. The van der Waals surface area contributed by atoms with E-state index in [1.165, 1.54) is 18.2 Å². The second-order valence-electron chi connectivity index (χ2n) is 8.14. The summed E-state index contributed by atoms with van der Waals surface area (Å²) in [6.45, 7) is 2.18. The van der Waals surface area contributed by atoms with Gasteiger partial charge in [-0.05, 0) is 55.0 Å². The molecule has 3 aromatic carbocycles. The highest BCUT2D eigenvalue weighted by Crippen LogP contribution is 2.37. The number of barbiturate groups is 1. The molecule has 0 saturated carbocycles. The first kappa shape index (κ1) is 28.0. The fourth-order valence-electron chi connectivity index (χ4n) is 3.68. The molecule has 1 heterocycles. The molecular weight excluding hydrogens is 560 g/mol. The normalized spacial score (nSPS) is 15.0. The predicted molar refractivity (Wildman–Crippen MR) is 139 cm³/mol. The van der Waals surface area contributed by atoms with Gasteiger partial charge >= 0.3 is 12.2 Å². The summed E-state index contributed by atoms with van der Waals surface area (Å²) >= 11 is 12.2. The number of hydrogen-bond acceptors (Lipinski definition) is 5. The van der Waals surface area contributed by atoms with Crippen molar-refractivity contribution in [3.63, 3.8) is 0 Å². The Kier molecular flexibility index (Phi) is 8.17. The quantitative estimate of drug-likeness (QED) is 0.250. The third-order valence-electron chi connectivity index (χ3n) is 5.54. The number of carbonyl (C=O) groups is 3. The van der Waals surface area contributed by atoms with E-state index in [4.69, 9.17) is 32.7 Å². The van der Waals surface area contributed by atoms with Crippen molar-refractivity contribution in [3.05, 3.63) is 93.0 Å². The molecule has 7 nitrogen and oxygen atoms in total. The van der Waals surface area contributed by atoms with Crippen molar-refractivity contribution >= 4 is 52.8 Å². The maximum atomic E-state index is 13.3. The van der Waals surface area contributed by atoms with E-state index >= 15 is 0 Å². The number of hydrogen-bond donors (Lipinski definition) is 1. The predicted octanol–water partition coefficient (Wildman–Crippen LogP) is 6.66. The molecule has 202 valence electrons. The van der Waals surface area contributed by atoms with Crippen LogP contribution in [0.15, 0.2) is 66.2 Å². The summed E-state index contributed by atoms with van der Waals surface area (Å²) in [5, 5.41) is 2.19. The first-order chi connectivity index (χ1) is 18.5. The van der Waals surface area contributed by atoms with Gasteiger partial charge in [-0.3, -0.25) is 14.9 Å². The molecule has 0 unspecified atom stereocenters. The number of rotatable bonds is 7. The maximum absolute atomic E-state index is 13.3. The molecule has 1 N–H and O–H groups in total. The fourth-order valence-corrected chi connectivity index (χ4v) is 4.07. The minimum absolute atomic E-state index is 0.149. The minimum atomic E-state index is -4.76. The SMILES string of the molecule is CCOc1cc(/C=C2\C(=O)NC(=O)N(c3cc(C(F)(F)F)ccc3Cl)C2=O)ccc1OCc1ccccc1Cl. The summed E-state index contributed by atoms with van der Waals surface area (Å²) in [5.41, 5.74) is -1.08. The zero-order valence-electron chi connectivity index (χ0n) is 20.1. The number of nitrogens with one attached hydrogen (secondary N) is 1. The van der Waals surface area contributed by atoms with Gasteiger partial charge < -0.3 is 9.47 Å². The van der Waals surface area contributed by atoms with Gasteiger partial charge in [-0.2, -0.15) is 13.2 Å². The molecule has 39 heavy (non-hydrogen) atoms. The van der Waals surface area contributed by atoms with Gasteiger partial charge in [-0.25, -0.2) is 9.69 Å². The molecule has 0 atom stereocenters. The van der Waals surface area contributed by atoms with Crippen LogP contribution in [0.5, 0.6) is 11.5 Å². The molecule has 4 amide bonds. The first-order valence-corrected chi connectivity index (χ1v) is 12.2. The molecule has 1 saturated heterocycles. The third-order valence-corrected chi connectivity index (χ3v) is 6.22. The molecule has 0 aromatic heterocycles. The van der Waals surface area contributed by atoms with E-state index in [9.17, 15) is 27.6 Å². The number of nitrogens with zero attached hydrogens (tertiary/aromatic N) is 1. The van der Waals surface area contributed by atoms with Gasteiger partial charge in [0.15, 0.2) is 11.5 Å². The highest BCUT2D eigenvalue weighted by atomic mass is 35.5. The van der Waals surface area contributed by atoms with Crippen molar-refractivity contribution in [2.24, 2.45) is 0 Å². The van der Waals surface area contributed by atoms with Gasteiger partial charge in [0, 0.05) is 10.6 Å². The number of carbonyl (C=O) groups excluding carboxylic acids is 3. The number of amides is 4. The third kappa shape index (κ3) is 6.18. The zero-order valence-corrected chi connectivity index (χ0v) is 21.7. The van der Waals surface area contributed by atoms with Crippen molar-refractivity contribution in [3.8, 4) is 11.5 Å². The lowest BCUT2D eigenvalue weighted by molar-refractivity contribution is -0.137. The van der Waals surface area contributed by atoms with Crippen molar-refractivity contribution < 1.29 is 37.0 Å². The van der Waals surface area contributed by atoms with Crippen LogP contribution in [0.3, 0.4) is 0 Å². The smallest absolute Gasteiger partial charge is 0.416 e. The monoisotopic (exact) mass is 578 g/mol. The average Bonchev–Trinajstić information content (AvgIpc) is 2.87. The molecule has 12 heteroatoms. The highest BCUT2D eigenvalue weighted by molar-refractivity contribution is 6.42. The van der Waals surface area contributed by atoms with E-state index in [2.05, 4.69) is 0 Å². The largest absolute Gasteiger partial charge is 0.490 e.